The fourth-order valence-electron chi connectivity index (χ4n) is 5.47. The van der Waals surface area contributed by atoms with Crippen molar-refractivity contribution < 1.29 is 17.7 Å². The van der Waals surface area contributed by atoms with Gasteiger partial charge in [-0.1, -0.05) is 24.4 Å². The Morgan fingerprint density at radius 1 is 1.09 bits per heavy atom. The van der Waals surface area contributed by atoms with Crippen LogP contribution in [0.15, 0.2) is 39.9 Å². The van der Waals surface area contributed by atoms with Crippen molar-refractivity contribution >= 4 is 26.8 Å². The Labute approximate surface area is 199 Å². The standard InChI is InChI=1S/C25H30N4O4S/c1-15-24(16(2)33-28-15)17-13-22-19(10-6-12-26-22)23(14-17)34(31,32)29-21-11-5-9-20(21)25(30)27-18-7-3-4-8-18/h6,10,12-14,18,20-21,29H,3-5,7-9,11H2,1-2H3,(H,27,30)/t20?,21-/m1/s1. The van der Waals surface area contributed by atoms with Crippen LogP contribution >= 0.6 is 0 Å². The number of aromatic nitrogens is 2. The maximum Gasteiger partial charge on any atom is 0.241 e. The Balaban J connectivity index is 1.48. The van der Waals surface area contributed by atoms with Crippen LogP contribution in [0.1, 0.15) is 56.4 Å². The van der Waals surface area contributed by atoms with Gasteiger partial charge in [-0.15, -0.1) is 0 Å². The smallest absolute Gasteiger partial charge is 0.241 e. The summed E-state index contributed by atoms with van der Waals surface area (Å²) in [6, 6.07) is 6.78. The third kappa shape index (κ3) is 4.34. The number of amides is 1. The zero-order valence-corrected chi connectivity index (χ0v) is 20.3. The fraction of sp³-hybridized carbons (Fsp3) is 0.480. The van der Waals surface area contributed by atoms with E-state index in [0.29, 0.717) is 40.8 Å². The lowest BCUT2D eigenvalue weighted by Gasteiger charge is -2.23. The van der Waals surface area contributed by atoms with Gasteiger partial charge in [0.25, 0.3) is 0 Å². The molecule has 2 aromatic heterocycles. The molecule has 2 N–H and O–H groups in total. The van der Waals surface area contributed by atoms with Crippen molar-refractivity contribution in [2.24, 2.45) is 5.92 Å². The lowest BCUT2D eigenvalue weighted by molar-refractivity contribution is -0.125. The molecule has 8 nitrogen and oxygen atoms in total. The van der Waals surface area contributed by atoms with Crippen LogP contribution in [0.5, 0.6) is 0 Å². The molecular weight excluding hydrogens is 452 g/mol. The molecule has 2 aliphatic rings. The van der Waals surface area contributed by atoms with Gasteiger partial charge in [0.15, 0.2) is 0 Å². The first-order valence-corrected chi connectivity index (χ1v) is 13.5. The highest BCUT2D eigenvalue weighted by Gasteiger charge is 2.37. The average molecular weight is 483 g/mol. The molecule has 1 unspecified atom stereocenters. The molecule has 2 atom stereocenters. The maximum atomic E-state index is 13.7. The quantitative estimate of drug-likeness (QED) is 0.549. The summed E-state index contributed by atoms with van der Waals surface area (Å²) < 4.78 is 35.6. The number of pyridine rings is 1. The summed E-state index contributed by atoms with van der Waals surface area (Å²) >= 11 is 0. The zero-order chi connectivity index (χ0) is 23.9. The topological polar surface area (TPSA) is 114 Å². The summed E-state index contributed by atoms with van der Waals surface area (Å²) in [4.78, 5) is 17.5. The third-order valence-electron chi connectivity index (χ3n) is 7.16. The second kappa shape index (κ2) is 9.11. The predicted molar refractivity (Wildman–Crippen MR) is 129 cm³/mol. The molecule has 2 saturated carbocycles. The van der Waals surface area contributed by atoms with Crippen LogP contribution in [0.25, 0.3) is 22.0 Å². The van der Waals surface area contributed by atoms with Gasteiger partial charge in [-0.3, -0.25) is 9.78 Å². The van der Waals surface area contributed by atoms with Gasteiger partial charge in [0.05, 0.1) is 22.0 Å². The van der Waals surface area contributed by atoms with Crippen molar-refractivity contribution in [3.8, 4) is 11.1 Å². The summed E-state index contributed by atoms with van der Waals surface area (Å²) in [5.41, 5.74) is 2.70. The molecule has 34 heavy (non-hydrogen) atoms. The van der Waals surface area contributed by atoms with Crippen molar-refractivity contribution in [3.05, 3.63) is 41.9 Å². The van der Waals surface area contributed by atoms with Gasteiger partial charge in [-0.05, 0) is 69.4 Å². The van der Waals surface area contributed by atoms with E-state index in [0.717, 1.165) is 37.7 Å². The monoisotopic (exact) mass is 482 g/mol. The summed E-state index contributed by atoms with van der Waals surface area (Å²) in [5, 5.41) is 7.70. The molecule has 0 aliphatic heterocycles. The van der Waals surface area contributed by atoms with Crippen molar-refractivity contribution in [2.75, 3.05) is 0 Å². The number of sulfonamides is 1. The van der Waals surface area contributed by atoms with Crippen molar-refractivity contribution in [3.63, 3.8) is 0 Å². The molecular formula is C25H30N4O4S. The van der Waals surface area contributed by atoms with E-state index in [4.69, 9.17) is 4.52 Å². The van der Waals surface area contributed by atoms with Gasteiger partial charge in [0.1, 0.15) is 5.76 Å². The Bertz CT molecular complexity index is 1310. The maximum absolute atomic E-state index is 13.7. The first-order chi connectivity index (χ1) is 16.3. The molecule has 0 spiro atoms. The van der Waals surface area contributed by atoms with Gasteiger partial charge >= 0.3 is 0 Å². The number of hydrogen-bond donors (Lipinski definition) is 2. The van der Waals surface area contributed by atoms with Gasteiger partial charge < -0.3 is 9.84 Å². The molecule has 1 amide bonds. The number of hydrogen-bond acceptors (Lipinski definition) is 6. The van der Waals surface area contributed by atoms with E-state index >= 15 is 0 Å². The first kappa shape index (κ1) is 23.0. The van der Waals surface area contributed by atoms with Crippen LogP contribution in [-0.4, -0.2) is 36.5 Å². The van der Waals surface area contributed by atoms with E-state index in [9.17, 15) is 13.2 Å². The second-order valence-corrected chi connectivity index (χ2v) is 11.2. The van der Waals surface area contributed by atoms with E-state index in [1.807, 2.05) is 13.0 Å². The third-order valence-corrected chi connectivity index (χ3v) is 8.69. The van der Waals surface area contributed by atoms with Crippen LogP contribution in [0.2, 0.25) is 0 Å². The van der Waals surface area contributed by atoms with Gasteiger partial charge in [-0.2, -0.15) is 0 Å². The largest absolute Gasteiger partial charge is 0.361 e. The Morgan fingerprint density at radius 3 is 2.62 bits per heavy atom. The lowest BCUT2D eigenvalue weighted by atomic mass is 10.0. The van der Waals surface area contributed by atoms with Crippen LogP contribution in [0, 0.1) is 19.8 Å². The van der Waals surface area contributed by atoms with E-state index in [1.54, 1.807) is 31.3 Å². The number of rotatable bonds is 6. The van der Waals surface area contributed by atoms with Crippen LogP contribution in [-0.2, 0) is 14.8 Å². The van der Waals surface area contributed by atoms with Crippen molar-refractivity contribution in [2.45, 2.75) is 75.8 Å². The van der Waals surface area contributed by atoms with Gasteiger partial charge in [-0.25, -0.2) is 13.1 Å². The number of carbonyl (C=O) groups excluding carboxylic acids is 1. The van der Waals surface area contributed by atoms with E-state index in [1.165, 1.54) is 0 Å². The first-order valence-electron chi connectivity index (χ1n) is 12.0. The molecule has 2 aliphatic carbocycles. The van der Waals surface area contributed by atoms with Crippen LogP contribution in [0.4, 0.5) is 0 Å². The number of nitrogens with zero attached hydrogens (tertiary/aromatic N) is 2. The molecule has 0 saturated heterocycles. The predicted octanol–water partition coefficient (Wildman–Crippen LogP) is 4.01. The number of nitrogens with one attached hydrogen (secondary N) is 2. The Hall–Kier alpha value is -2.78. The van der Waals surface area contributed by atoms with Crippen molar-refractivity contribution in [1.82, 2.24) is 20.2 Å². The second-order valence-electron chi connectivity index (χ2n) is 9.50. The molecule has 0 radical (unpaired) electrons. The molecule has 2 fully saturated rings. The molecule has 1 aromatic carbocycles. The summed E-state index contributed by atoms with van der Waals surface area (Å²) in [5.74, 6) is 0.224. The van der Waals surface area contributed by atoms with E-state index < -0.39 is 16.1 Å². The minimum atomic E-state index is -3.92. The Kier molecular flexibility index (Phi) is 6.16. The lowest BCUT2D eigenvalue weighted by Crippen LogP contribution is -2.46. The highest BCUT2D eigenvalue weighted by atomic mass is 32.2. The fourth-order valence-corrected chi connectivity index (χ4v) is 7.02. The average Bonchev–Trinajstić information content (AvgIpc) is 3.55. The van der Waals surface area contributed by atoms with Gasteiger partial charge in [0, 0.05) is 29.2 Å². The summed E-state index contributed by atoms with van der Waals surface area (Å²) in [6.07, 6.45) is 8.06. The zero-order valence-electron chi connectivity index (χ0n) is 19.5. The molecule has 9 heteroatoms. The van der Waals surface area contributed by atoms with Crippen LogP contribution < -0.4 is 10.0 Å². The summed E-state index contributed by atoms with van der Waals surface area (Å²) in [6.45, 7) is 3.63. The molecule has 2 heterocycles. The number of aryl methyl sites for hydroxylation is 2. The number of fused-ring (bicyclic) bond motifs is 1. The molecule has 0 bridgehead atoms. The van der Waals surface area contributed by atoms with Crippen molar-refractivity contribution in [1.29, 1.82) is 0 Å². The minimum Gasteiger partial charge on any atom is -0.361 e. The molecule has 5 rings (SSSR count). The minimum absolute atomic E-state index is 0.0342. The number of benzene rings is 1. The molecule has 180 valence electrons. The molecule has 3 aromatic rings. The SMILES string of the molecule is Cc1noc(C)c1-c1cc(S(=O)(=O)N[C@@H]2CCCC2C(=O)NC2CCCC2)c2cccnc2c1. The summed E-state index contributed by atoms with van der Waals surface area (Å²) in [7, 11) is -3.92. The normalized spacial score (nSPS) is 21.4. The number of carbonyl (C=O) groups is 1. The highest BCUT2D eigenvalue weighted by molar-refractivity contribution is 7.89. The van der Waals surface area contributed by atoms with E-state index in [2.05, 4.69) is 20.2 Å². The van der Waals surface area contributed by atoms with Gasteiger partial charge in [0.2, 0.25) is 15.9 Å². The van der Waals surface area contributed by atoms with Crippen LogP contribution in [0.3, 0.4) is 0 Å². The Morgan fingerprint density at radius 2 is 1.88 bits per heavy atom. The highest BCUT2D eigenvalue weighted by Crippen LogP contribution is 2.34. The van der Waals surface area contributed by atoms with E-state index in [-0.39, 0.29) is 22.8 Å².